The smallest absolute Gasteiger partial charge is 0.355 e. The Balaban J connectivity index is 2.06. The minimum Gasteiger partial charge on any atom is -0.476 e. The highest BCUT2D eigenvalue weighted by Gasteiger charge is 2.09. The Kier molecular flexibility index (Phi) is 4.95. The number of hydrogen-bond donors (Lipinski definition) is 2. The van der Waals surface area contributed by atoms with E-state index in [1.807, 2.05) is 24.3 Å². The molecule has 0 atom stereocenters. The van der Waals surface area contributed by atoms with Crippen LogP contribution in [0.3, 0.4) is 0 Å². The lowest BCUT2D eigenvalue weighted by atomic mass is 10.2. The minimum absolute atomic E-state index is 0.0857. The van der Waals surface area contributed by atoms with Gasteiger partial charge in [0, 0.05) is 22.4 Å². The standard InChI is InChI=1S/C13H13NO3S2/c15-5-6-18-7-9-1-3-10(4-2-9)12-14-11(8-19-12)13(16)17/h1-4,8,15H,5-7H2,(H,16,17). The summed E-state index contributed by atoms with van der Waals surface area (Å²) >= 11 is 3.00. The number of rotatable bonds is 6. The van der Waals surface area contributed by atoms with Crippen LogP contribution in [0, 0.1) is 0 Å². The fourth-order valence-corrected chi connectivity index (χ4v) is 3.00. The summed E-state index contributed by atoms with van der Waals surface area (Å²) in [6, 6.07) is 7.89. The van der Waals surface area contributed by atoms with Gasteiger partial charge in [-0.3, -0.25) is 0 Å². The molecule has 0 saturated heterocycles. The number of aliphatic hydroxyl groups excluding tert-OH is 1. The number of carboxylic acids is 1. The Bertz CT molecular complexity index is 551. The summed E-state index contributed by atoms with van der Waals surface area (Å²) in [5.41, 5.74) is 2.19. The Morgan fingerprint density at radius 3 is 2.63 bits per heavy atom. The number of thiazole rings is 1. The molecule has 19 heavy (non-hydrogen) atoms. The van der Waals surface area contributed by atoms with Crippen molar-refractivity contribution in [2.24, 2.45) is 0 Å². The third kappa shape index (κ3) is 3.79. The van der Waals surface area contributed by atoms with Crippen LogP contribution in [0.15, 0.2) is 29.6 Å². The molecule has 0 unspecified atom stereocenters. The van der Waals surface area contributed by atoms with E-state index in [1.165, 1.54) is 16.9 Å². The predicted molar refractivity (Wildman–Crippen MR) is 77.8 cm³/mol. The number of aromatic nitrogens is 1. The zero-order chi connectivity index (χ0) is 13.7. The summed E-state index contributed by atoms with van der Waals surface area (Å²) in [5, 5.41) is 19.8. The highest BCUT2D eigenvalue weighted by atomic mass is 32.2. The quantitative estimate of drug-likeness (QED) is 0.802. The Morgan fingerprint density at radius 1 is 1.32 bits per heavy atom. The predicted octanol–water partition coefficient (Wildman–Crippen LogP) is 2.73. The summed E-state index contributed by atoms with van der Waals surface area (Å²) < 4.78 is 0. The summed E-state index contributed by atoms with van der Waals surface area (Å²) in [6.07, 6.45) is 0. The average Bonchev–Trinajstić information content (AvgIpc) is 2.90. The molecule has 1 aromatic carbocycles. The molecule has 0 spiro atoms. The molecule has 2 aromatic rings. The lowest BCUT2D eigenvalue weighted by molar-refractivity contribution is 0.0691. The molecular formula is C13H13NO3S2. The molecule has 0 fully saturated rings. The Labute approximate surface area is 119 Å². The number of hydrogen-bond acceptors (Lipinski definition) is 5. The van der Waals surface area contributed by atoms with Crippen LogP contribution >= 0.6 is 23.1 Å². The van der Waals surface area contributed by atoms with Crippen LogP contribution in [0.5, 0.6) is 0 Å². The molecule has 1 heterocycles. The van der Waals surface area contributed by atoms with Gasteiger partial charge in [-0.1, -0.05) is 24.3 Å². The minimum atomic E-state index is -1.00. The summed E-state index contributed by atoms with van der Waals surface area (Å²) in [7, 11) is 0. The van der Waals surface area contributed by atoms with Gasteiger partial charge in [-0.25, -0.2) is 9.78 Å². The van der Waals surface area contributed by atoms with E-state index in [4.69, 9.17) is 10.2 Å². The highest BCUT2D eigenvalue weighted by molar-refractivity contribution is 7.98. The van der Waals surface area contributed by atoms with Crippen molar-refractivity contribution in [2.75, 3.05) is 12.4 Å². The van der Waals surface area contributed by atoms with Gasteiger partial charge in [0.2, 0.25) is 0 Å². The molecule has 0 radical (unpaired) electrons. The summed E-state index contributed by atoms with van der Waals surface area (Å²) in [4.78, 5) is 14.8. The van der Waals surface area contributed by atoms with E-state index in [0.717, 1.165) is 17.1 Å². The maximum absolute atomic E-state index is 10.8. The molecule has 0 aliphatic carbocycles. The molecule has 2 rings (SSSR count). The van der Waals surface area contributed by atoms with Crippen molar-refractivity contribution in [3.05, 3.63) is 40.9 Å². The van der Waals surface area contributed by atoms with Gasteiger partial charge in [-0.2, -0.15) is 11.8 Å². The molecule has 6 heteroatoms. The first-order valence-electron chi connectivity index (χ1n) is 5.67. The van der Waals surface area contributed by atoms with Crippen molar-refractivity contribution >= 4 is 29.1 Å². The van der Waals surface area contributed by atoms with Gasteiger partial charge in [0.15, 0.2) is 5.69 Å². The van der Waals surface area contributed by atoms with Crippen LogP contribution in [0.2, 0.25) is 0 Å². The fraction of sp³-hybridized carbons (Fsp3) is 0.231. The normalized spacial score (nSPS) is 10.6. The maximum Gasteiger partial charge on any atom is 0.355 e. The van der Waals surface area contributed by atoms with Gasteiger partial charge in [0.05, 0.1) is 6.61 Å². The number of aliphatic hydroxyl groups is 1. The zero-order valence-corrected chi connectivity index (χ0v) is 11.7. The molecule has 0 aliphatic heterocycles. The molecule has 0 amide bonds. The van der Waals surface area contributed by atoms with Gasteiger partial charge < -0.3 is 10.2 Å². The van der Waals surface area contributed by atoms with Crippen molar-refractivity contribution in [2.45, 2.75) is 5.75 Å². The second-order valence-electron chi connectivity index (χ2n) is 3.82. The number of nitrogens with zero attached hydrogens (tertiary/aromatic N) is 1. The molecule has 0 aliphatic rings. The van der Waals surface area contributed by atoms with E-state index in [-0.39, 0.29) is 12.3 Å². The van der Waals surface area contributed by atoms with Crippen LogP contribution in [-0.2, 0) is 5.75 Å². The number of carboxylic acid groups (broad SMARTS) is 1. The van der Waals surface area contributed by atoms with Gasteiger partial charge >= 0.3 is 5.97 Å². The SMILES string of the molecule is O=C(O)c1csc(-c2ccc(CSCCO)cc2)n1. The summed E-state index contributed by atoms with van der Waals surface area (Å²) in [5.74, 6) is 0.592. The highest BCUT2D eigenvalue weighted by Crippen LogP contribution is 2.24. The fourth-order valence-electron chi connectivity index (χ4n) is 1.50. The Hall–Kier alpha value is -1.37. The zero-order valence-electron chi connectivity index (χ0n) is 10.1. The number of aromatic carboxylic acids is 1. The lowest BCUT2D eigenvalue weighted by Crippen LogP contribution is -1.95. The third-order valence-electron chi connectivity index (χ3n) is 2.43. The van der Waals surface area contributed by atoms with Crippen molar-refractivity contribution in [1.82, 2.24) is 4.98 Å². The monoisotopic (exact) mass is 295 g/mol. The van der Waals surface area contributed by atoms with E-state index in [9.17, 15) is 4.79 Å². The van der Waals surface area contributed by atoms with Gasteiger partial charge in [-0.15, -0.1) is 11.3 Å². The largest absolute Gasteiger partial charge is 0.476 e. The molecular weight excluding hydrogens is 282 g/mol. The van der Waals surface area contributed by atoms with Crippen LogP contribution in [0.1, 0.15) is 16.1 Å². The molecule has 4 nitrogen and oxygen atoms in total. The van der Waals surface area contributed by atoms with Gasteiger partial charge in [-0.05, 0) is 5.56 Å². The van der Waals surface area contributed by atoms with Crippen LogP contribution < -0.4 is 0 Å². The van der Waals surface area contributed by atoms with Gasteiger partial charge in [0.25, 0.3) is 0 Å². The molecule has 0 saturated carbocycles. The first-order chi connectivity index (χ1) is 9.20. The van der Waals surface area contributed by atoms with Crippen LogP contribution in [0.4, 0.5) is 0 Å². The van der Waals surface area contributed by atoms with Crippen molar-refractivity contribution in [3.8, 4) is 10.6 Å². The second kappa shape index (κ2) is 6.70. The van der Waals surface area contributed by atoms with E-state index >= 15 is 0 Å². The van der Waals surface area contributed by atoms with Crippen LogP contribution in [0.25, 0.3) is 10.6 Å². The van der Waals surface area contributed by atoms with E-state index < -0.39 is 5.97 Å². The Morgan fingerprint density at radius 2 is 2.05 bits per heavy atom. The first-order valence-corrected chi connectivity index (χ1v) is 7.71. The lowest BCUT2D eigenvalue weighted by Gasteiger charge is -2.01. The topological polar surface area (TPSA) is 70.4 Å². The van der Waals surface area contributed by atoms with E-state index in [2.05, 4.69) is 4.98 Å². The van der Waals surface area contributed by atoms with E-state index in [0.29, 0.717) is 5.01 Å². The first kappa shape index (κ1) is 14.0. The number of thioether (sulfide) groups is 1. The summed E-state index contributed by atoms with van der Waals surface area (Å²) in [6.45, 7) is 0.194. The number of carbonyl (C=O) groups is 1. The molecule has 1 aromatic heterocycles. The average molecular weight is 295 g/mol. The van der Waals surface area contributed by atoms with E-state index in [1.54, 1.807) is 17.1 Å². The second-order valence-corrected chi connectivity index (χ2v) is 5.78. The van der Waals surface area contributed by atoms with Crippen LogP contribution in [-0.4, -0.2) is 33.5 Å². The maximum atomic E-state index is 10.8. The van der Waals surface area contributed by atoms with Crippen molar-refractivity contribution < 1.29 is 15.0 Å². The molecule has 0 bridgehead atoms. The molecule has 2 N–H and O–H groups in total. The van der Waals surface area contributed by atoms with Crippen molar-refractivity contribution in [3.63, 3.8) is 0 Å². The number of benzene rings is 1. The van der Waals surface area contributed by atoms with Gasteiger partial charge in [0.1, 0.15) is 5.01 Å². The van der Waals surface area contributed by atoms with Crippen molar-refractivity contribution in [1.29, 1.82) is 0 Å². The molecule has 100 valence electrons. The third-order valence-corrected chi connectivity index (χ3v) is 4.33.